The first-order chi connectivity index (χ1) is 10.2. The highest BCUT2D eigenvalue weighted by Crippen LogP contribution is 2.10. The number of carbonyl (C=O) groups is 1. The first kappa shape index (κ1) is 13.8. The lowest BCUT2D eigenvalue weighted by Crippen LogP contribution is -2.49. The fourth-order valence-electron chi connectivity index (χ4n) is 2.48. The van der Waals surface area contributed by atoms with Gasteiger partial charge in [0.05, 0.1) is 0 Å². The summed E-state index contributed by atoms with van der Waals surface area (Å²) in [6.07, 6.45) is 4.78. The molecule has 0 unspecified atom stereocenters. The molecule has 110 valence electrons. The molecule has 1 aliphatic heterocycles. The summed E-state index contributed by atoms with van der Waals surface area (Å²) in [5, 5.41) is 0. The predicted molar refractivity (Wildman–Crippen MR) is 76.3 cm³/mol. The van der Waals surface area contributed by atoms with Crippen LogP contribution in [-0.4, -0.2) is 51.6 Å². The molecule has 5 nitrogen and oxygen atoms in total. The molecule has 1 saturated heterocycles. The summed E-state index contributed by atoms with van der Waals surface area (Å²) in [6.45, 7) is 3.80. The van der Waals surface area contributed by atoms with Crippen LogP contribution in [-0.2, 0) is 6.54 Å². The number of hydrogen-bond donors (Lipinski definition) is 0. The van der Waals surface area contributed by atoms with Crippen molar-refractivity contribution in [1.82, 2.24) is 19.4 Å². The normalized spacial score (nSPS) is 16.1. The standard InChI is InChI=1S/C15H17FN4O/c16-14-3-1-13(2-4-14)11-18-7-9-19(10-8-18)15(21)20-6-5-17-12-20/h1-6,12H,7-11H2. The largest absolute Gasteiger partial charge is 0.329 e. The van der Waals surface area contributed by atoms with Gasteiger partial charge in [0.25, 0.3) is 0 Å². The van der Waals surface area contributed by atoms with Gasteiger partial charge in [0.1, 0.15) is 12.1 Å². The Morgan fingerprint density at radius 2 is 1.86 bits per heavy atom. The van der Waals surface area contributed by atoms with Crippen LogP contribution in [0.3, 0.4) is 0 Å². The van der Waals surface area contributed by atoms with Gasteiger partial charge in [0.15, 0.2) is 0 Å². The molecular weight excluding hydrogens is 271 g/mol. The Balaban J connectivity index is 1.53. The summed E-state index contributed by atoms with van der Waals surface area (Å²) in [5.74, 6) is -0.213. The highest BCUT2D eigenvalue weighted by atomic mass is 19.1. The van der Waals surface area contributed by atoms with E-state index in [1.807, 2.05) is 4.90 Å². The third kappa shape index (κ3) is 3.28. The van der Waals surface area contributed by atoms with Gasteiger partial charge in [-0.1, -0.05) is 12.1 Å². The van der Waals surface area contributed by atoms with Crippen LogP contribution in [0.1, 0.15) is 5.56 Å². The zero-order chi connectivity index (χ0) is 14.7. The van der Waals surface area contributed by atoms with E-state index < -0.39 is 0 Å². The number of benzene rings is 1. The maximum atomic E-state index is 12.9. The lowest BCUT2D eigenvalue weighted by Gasteiger charge is -2.34. The molecule has 3 rings (SSSR count). The third-order valence-corrected chi connectivity index (χ3v) is 3.69. The van der Waals surface area contributed by atoms with E-state index in [1.165, 1.54) is 23.0 Å². The van der Waals surface area contributed by atoms with Crippen molar-refractivity contribution in [3.63, 3.8) is 0 Å². The summed E-state index contributed by atoms with van der Waals surface area (Å²) in [7, 11) is 0. The van der Waals surface area contributed by atoms with Crippen LogP contribution in [0.5, 0.6) is 0 Å². The number of nitrogens with zero attached hydrogens (tertiary/aromatic N) is 4. The van der Waals surface area contributed by atoms with Gasteiger partial charge in [0.2, 0.25) is 0 Å². The van der Waals surface area contributed by atoms with Crippen LogP contribution in [0, 0.1) is 5.82 Å². The summed E-state index contributed by atoms with van der Waals surface area (Å²) < 4.78 is 14.4. The van der Waals surface area contributed by atoms with Gasteiger partial charge < -0.3 is 4.90 Å². The zero-order valence-corrected chi connectivity index (χ0v) is 11.7. The first-order valence-corrected chi connectivity index (χ1v) is 6.96. The molecule has 2 heterocycles. The quantitative estimate of drug-likeness (QED) is 0.846. The van der Waals surface area contributed by atoms with Crippen molar-refractivity contribution in [2.45, 2.75) is 6.54 Å². The molecule has 1 aromatic carbocycles. The van der Waals surface area contributed by atoms with Crippen LogP contribution in [0.4, 0.5) is 9.18 Å². The van der Waals surface area contributed by atoms with Crippen molar-refractivity contribution >= 4 is 6.03 Å². The van der Waals surface area contributed by atoms with Crippen molar-refractivity contribution in [2.75, 3.05) is 26.2 Å². The minimum atomic E-state index is -0.213. The Kier molecular flexibility index (Phi) is 3.96. The van der Waals surface area contributed by atoms with Crippen LogP contribution in [0.2, 0.25) is 0 Å². The van der Waals surface area contributed by atoms with E-state index in [-0.39, 0.29) is 11.8 Å². The second kappa shape index (κ2) is 6.05. The number of amides is 1. The number of piperazine rings is 1. The molecule has 0 N–H and O–H groups in total. The summed E-state index contributed by atoms with van der Waals surface area (Å²) in [5.41, 5.74) is 1.09. The van der Waals surface area contributed by atoms with Gasteiger partial charge in [-0.3, -0.25) is 9.47 Å². The number of rotatable bonds is 2. The molecule has 21 heavy (non-hydrogen) atoms. The molecule has 1 aromatic heterocycles. The van der Waals surface area contributed by atoms with E-state index in [1.54, 1.807) is 24.5 Å². The monoisotopic (exact) mass is 288 g/mol. The van der Waals surface area contributed by atoms with Crippen molar-refractivity contribution < 1.29 is 9.18 Å². The van der Waals surface area contributed by atoms with Crippen molar-refractivity contribution in [3.05, 3.63) is 54.4 Å². The van der Waals surface area contributed by atoms with E-state index in [2.05, 4.69) is 9.88 Å². The van der Waals surface area contributed by atoms with Gasteiger partial charge in [-0.25, -0.2) is 14.2 Å². The molecule has 0 saturated carbocycles. The van der Waals surface area contributed by atoms with Gasteiger partial charge in [-0.15, -0.1) is 0 Å². The van der Waals surface area contributed by atoms with Crippen LogP contribution in [0.25, 0.3) is 0 Å². The predicted octanol–water partition coefficient (Wildman–Crippen LogP) is 1.81. The van der Waals surface area contributed by atoms with Gasteiger partial charge in [-0.05, 0) is 17.7 Å². The molecule has 2 aromatic rings. The average Bonchev–Trinajstić information content (AvgIpc) is 3.04. The number of carbonyl (C=O) groups excluding carboxylic acids is 1. The zero-order valence-electron chi connectivity index (χ0n) is 11.7. The van der Waals surface area contributed by atoms with E-state index in [0.717, 1.165) is 25.2 Å². The highest BCUT2D eigenvalue weighted by Gasteiger charge is 2.21. The van der Waals surface area contributed by atoms with Crippen molar-refractivity contribution in [1.29, 1.82) is 0 Å². The summed E-state index contributed by atoms with van der Waals surface area (Å²) >= 11 is 0. The maximum absolute atomic E-state index is 12.9. The molecule has 0 radical (unpaired) electrons. The van der Waals surface area contributed by atoms with E-state index in [0.29, 0.717) is 13.1 Å². The molecule has 0 bridgehead atoms. The fraction of sp³-hybridized carbons (Fsp3) is 0.333. The summed E-state index contributed by atoms with van der Waals surface area (Å²) in [4.78, 5) is 20.1. The van der Waals surface area contributed by atoms with Crippen molar-refractivity contribution in [3.8, 4) is 0 Å². The highest BCUT2D eigenvalue weighted by molar-refractivity contribution is 5.76. The minimum absolute atomic E-state index is 0.0334. The molecule has 0 atom stereocenters. The first-order valence-electron chi connectivity index (χ1n) is 6.96. The second-order valence-corrected chi connectivity index (χ2v) is 5.14. The number of halogens is 1. The maximum Gasteiger partial charge on any atom is 0.329 e. The SMILES string of the molecule is O=C(N1CCN(Cc2ccc(F)cc2)CC1)n1ccnc1. The molecule has 1 aliphatic rings. The molecule has 1 amide bonds. The Hall–Kier alpha value is -2.21. The molecular formula is C15H17FN4O. The number of hydrogen-bond acceptors (Lipinski definition) is 3. The Morgan fingerprint density at radius 1 is 1.14 bits per heavy atom. The Labute approximate surface area is 122 Å². The van der Waals surface area contributed by atoms with E-state index in [4.69, 9.17) is 0 Å². The lowest BCUT2D eigenvalue weighted by molar-refractivity contribution is 0.136. The topological polar surface area (TPSA) is 41.4 Å². The molecule has 0 aliphatic carbocycles. The smallest absolute Gasteiger partial charge is 0.321 e. The van der Waals surface area contributed by atoms with Gasteiger partial charge in [-0.2, -0.15) is 0 Å². The summed E-state index contributed by atoms with van der Waals surface area (Å²) in [6, 6.07) is 6.54. The fourth-order valence-corrected chi connectivity index (χ4v) is 2.48. The Morgan fingerprint density at radius 3 is 2.48 bits per heavy atom. The third-order valence-electron chi connectivity index (χ3n) is 3.69. The molecule has 1 fully saturated rings. The van der Waals surface area contributed by atoms with Gasteiger partial charge in [0, 0.05) is 45.1 Å². The second-order valence-electron chi connectivity index (χ2n) is 5.14. The van der Waals surface area contributed by atoms with Crippen LogP contribution < -0.4 is 0 Å². The average molecular weight is 288 g/mol. The van der Waals surface area contributed by atoms with Crippen LogP contribution in [0.15, 0.2) is 43.0 Å². The molecule has 0 spiro atoms. The number of aromatic nitrogens is 2. The van der Waals surface area contributed by atoms with E-state index in [9.17, 15) is 9.18 Å². The number of imidazole rings is 1. The minimum Gasteiger partial charge on any atom is -0.321 e. The van der Waals surface area contributed by atoms with Gasteiger partial charge >= 0.3 is 6.03 Å². The lowest BCUT2D eigenvalue weighted by atomic mass is 10.2. The van der Waals surface area contributed by atoms with Crippen LogP contribution >= 0.6 is 0 Å². The van der Waals surface area contributed by atoms with Crippen molar-refractivity contribution in [2.24, 2.45) is 0 Å². The molecule has 6 heteroatoms. The Bertz CT molecular complexity index is 589. The van der Waals surface area contributed by atoms with E-state index >= 15 is 0 Å².